The molecule has 0 N–H and O–H groups in total. The normalized spacial score (nSPS) is 36.1. The van der Waals surface area contributed by atoms with Crippen LogP contribution in [-0.2, 0) is 16.0 Å². The van der Waals surface area contributed by atoms with E-state index in [0.717, 1.165) is 44.4 Å². The molecule has 4 heteroatoms. The molecule has 0 bridgehead atoms. The van der Waals surface area contributed by atoms with Gasteiger partial charge < -0.3 is 14.1 Å². The van der Waals surface area contributed by atoms with Crippen LogP contribution < -0.4 is 0 Å². The first kappa shape index (κ1) is 19.8. The first-order valence-electron chi connectivity index (χ1n) is 11.0. The largest absolute Gasteiger partial charge is 0.469 e. The van der Waals surface area contributed by atoms with Crippen LogP contribution in [0, 0.1) is 23.2 Å². The van der Waals surface area contributed by atoms with Gasteiger partial charge >= 0.3 is 5.97 Å². The maximum Gasteiger partial charge on any atom is 0.310 e. The third-order valence-corrected chi connectivity index (χ3v) is 7.95. The summed E-state index contributed by atoms with van der Waals surface area (Å²) in [5.74, 6) is 1.96. The predicted octanol–water partition coefficient (Wildman–Crippen LogP) is 4.85. The molecule has 1 aromatic heterocycles. The van der Waals surface area contributed by atoms with Crippen molar-refractivity contribution in [1.29, 1.82) is 0 Å². The van der Waals surface area contributed by atoms with E-state index in [2.05, 4.69) is 32.4 Å². The number of fused-ring (bicyclic) bond motifs is 2. The second kappa shape index (κ2) is 7.70. The number of carbonyl (C=O) groups is 1. The van der Waals surface area contributed by atoms with Gasteiger partial charge in [-0.05, 0) is 76.0 Å². The SMILES string of the molecule is C=C1CCC[C@]2(C)C[C@H]3OC(=O)[C@H](CN(C)[C@@H](C)CCc4ccco4)[C@H]3C[C@@H]12. The Hall–Kier alpha value is -1.55. The van der Waals surface area contributed by atoms with Crippen LogP contribution in [0.4, 0.5) is 0 Å². The molecule has 3 aliphatic rings. The number of ether oxygens (including phenoxy) is 1. The Morgan fingerprint density at radius 2 is 2.25 bits per heavy atom. The molecule has 4 nitrogen and oxygen atoms in total. The summed E-state index contributed by atoms with van der Waals surface area (Å²) < 4.78 is 11.4. The lowest BCUT2D eigenvalue weighted by Gasteiger charge is -2.50. The van der Waals surface area contributed by atoms with Crippen molar-refractivity contribution in [3.05, 3.63) is 36.3 Å². The maximum absolute atomic E-state index is 12.7. The zero-order valence-corrected chi connectivity index (χ0v) is 17.7. The predicted molar refractivity (Wildman–Crippen MR) is 110 cm³/mol. The highest BCUT2D eigenvalue weighted by molar-refractivity contribution is 5.75. The smallest absolute Gasteiger partial charge is 0.310 e. The van der Waals surface area contributed by atoms with Crippen LogP contribution in [-0.4, -0.2) is 36.6 Å². The van der Waals surface area contributed by atoms with Crippen molar-refractivity contribution < 1.29 is 13.9 Å². The highest BCUT2D eigenvalue weighted by atomic mass is 16.6. The van der Waals surface area contributed by atoms with Gasteiger partial charge in [0.2, 0.25) is 0 Å². The summed E-state index contributed by atoms with van der Waals surface area (Å²) in [5, 5.41) is 0. The Balaban J connectivity index is 1.39. The molecule has 0 radical (unpaired) electrons. The van der Waals surface area contributed by atoms with Crippen LogP contribution in [0.2, 0.25) is 0 Å². The van der Waals surface area contributed by atoms with Gasteiger partial charge in [-0.1, -0.05) is 19.1 Å². The highest BCUT2D eigenvalue weighted by Gasteiger charge is 2.55. The van der Waals surface area contributed by atoms with E-state index >= 15 is 0 Å². The highest BCUT2D eigenvalue weighted by Crippen LogP contribution is 2.56. The summed E-state index contributed by atoms with van der Waals surface area (Å²) in [4.78, 5) is 15.1. The minimum Gasteiger partial charge on any atom is -0.469 e. The van der Waals surface area contributed by atoms with Gasteiger partial charge in [-0.3, -0.25) is 4.79 Å². The van der Waals surface area contributed by atoms with Crippen molar-refractivity contribution in [2.24, 2.45) is 23.2 Å². The van der Waals surface area contributed by atoms with Crippen molar-refractivity contribution in [3.63, 3.8) is 0 Å². The van der Waals surface area contributed by atoms with Gasteiger partial charge in [0.25, 0.3) is 0 Å². The first-order chi connectivity index (χ1) is 13.4. The van der Waals surface area contributed by atoms with E-state index in [0.29, 0.717) is 17.9 Å². The summed E-state index contributed by atoms with van der Waals surface area (Å²) in [7, 11) is 2.14. The van der Waals surface area contributed by atoms with Crippen LogP contribution in [0.3, 0.4) is 0 Å². The Kier molecular flexibility index (Phi) is 5.43. The summed E-state index contributed by atoms with van der Waals surface area (Å²) in [5.41, 5.74) is 1.68. The zero-order chi connectivity index (χ0) is 19.9. The molecule has 0 amide bonds. The lowest BCUT2D eigenvalue weighted by molar-refractivity contribution is -0.146. The minimum absolute atomic E-state index is 0.000314. The lowest BCUT2D eigenvalue weighted by atomic mass is 9.55. The van der Waals surface area contributed by atoms with Gasteiger partial charge in [-0.25, -0.2) is 0 Å². The molecule has 2 heterocycles. The van der Waals surface area contributed by atoms with E-state index < -0.39 is 0 Å². The van der Waals surface area contributed by atoms with Gasteiger partial charge in [0.05, 0.1) is 12.2 Å². The van der Waals surface area contributed by atoms with Gasteiger partial charge in [0, 0.05) is 24.9 Å². The van der Waals surface area contributed by atoms with E-state index in [4.69, 9.17) is 9.15 Å². The molecule has 3 fully saturated rings. The number of hydrogen-bond donors (Lipinski definition) is 0. The monoisotopic (exact) mass is 385 g/mol. The van der Waals surface area contributed by atoms with Crippen molar-refractivity contribution >= 4 is 5.97 Å². The fourth-order valence-corrected chi connectivity index (χ4v) is 5.98. The van der Waals surface area contributed by atoms with Crippen LogP contribution in [0.15, 0.2) is 35.0 Å². The summed E-state index contributed by atoms with van der Waals surface area (Å²) in [6.07, 6.45) is 9.51. The number of aryl methyl sites for hydroxylation is 1. The molecule has 154 valence electrons. The van der Waals surface area contributed by atoms with Crippen LogP contribution >= 0.6 is 0 Å². The quantitative estimate of drug-likeness (QED) is 0.519. The van der Waals surface area contributed by atoms with Crippen molar-refractivity contribution in [1.82, 2.24) is 4.90 Å². The molecule has 4 rings (SSSR count). The van der Waals surface area contributed by atoms with E-state index in [1.54, 1.807) is 6.26 Å². The van der Waals surface area contributed by atoms with Crippen molar-refractivity contribution in [2.75, 3.05) is 13.6 Å². The number of rotatable bonds is 6. The second-order valence-electron chi connectivity index (χ2n) is 9.81. The third-order valence-electron chi connectivity index (χ3n) is 7.95. The van der Waals surface area contributed by atoms with Gasteiger partial charge in [-0.15, -0.1) is 0 Å². The average molecular weight is 386 g/mol. The zero-order valence-electron chi connectivity index (χ0n) is 17.7. The fraction of sp³-hybridized carbons (Fsp3) is 0.708. The Morgan fingerprint density at radius 3 is 3.00 bits per heavy atom. The summed E-state index contributed by atoms with van der Waals surface area (Å²) in [6, 6.07) is 4.37. The average Bonchev–Trinajstić information content (AvgIpc) is 3.26. The minimum atomic E-state index is 0.000314. The number of hydrogen-bond acceptors (Lipinski definition) is 4. The summed E-state index contributed by atoms with van der Waals surface area (Å²) >= 11 is 0. The van der Waals surface area contributed by atoms with E-state index in [1.807, 2.05) is 12.1 Å². The maximum atomic E-state index is 12.7. The molecule has 0 unspecified atom stereocenters. The molecular weight excluding hydrogens is 350 g/mol. The number of esters is 1. The molecule has 0 aromatic carbocycles. The molecule has 1 aliphatic heterocycles. The topological polar surface area (TPSA) is 42.7 Å². The molecule has 2 aliphatic carbocycles. The number of furan rings is 1. The Bertz CT molecular complexity index is 711. The molecule has 6 atom stereocenters. The standard InChI is InChI=1S/C24H35NO3/c1-16-7-5-11-24(3)14-22-19(13-21(16)24)20(23(26)28-22)15-25(4)17(2)9-10-18-8-6-12-27-18/h6,8,12,17,19-22H,1,5,7,9-11,13-15H2,2-4H3/t17-,19+,20+,21-,22+,24+/m0/s1. The van der Waals surface area contributed by atoms with Crippen LogP contribution in [0.25, 0.3) is 0 Å². The van der Waals surface area contributed by atoms with Crippen LogP contribution in [0.1, 0.15) is 58.1 Å². The third kappa shape index (κ3) is 3.68. The molecular formula is C24H35NO3. The molecule has 28 heavy (non-hydrogen) atoms. The molecule has 2 saturated carbocycles. The van der Waals surface area contributed by atoms with Crippen LogP contribution in [0.5, 0.6) is 0 Å². The lowest BCUT2D eigenvalue weighted by Crippen LogP contribution is -2.46. The van der Waals surface area contributed by atoms with E-state index in [1.165, 1.54) is 18.4 Å². The molecule has 0 spiro atoms. The molecule has 1 aromatic rings. The van der Waals surface area contributed by atoms with Crippen molar-refractivity contribution in [3.8, 4) is 0 Å². The second-order valence-corrected chi connectivity index (χ2v) is 9.81. The van der Waals surface area contributed by atoms with E-state index in [-0.39, 0.29) is 23.4 Å². The van der Waals surface area contributed by atoms with E-state index in [9.17, 15) is 4.79 Å². The summed E-state index contributed by atoms with van der Waals surface area (Å²) in [6.45, 7) is 9.81. The number of nitrogens with zero attached hydrogens (tertiary/aromatic N) is 1. The van der Waals surface area contributed by atoms with Crippen molar-refractivity contribution in [2.45, 2.75) is 70.9 Å². The van der Waals surface area contributed by atoms with Gasteiger partial charge in [0.15, 0.2) is 0 Å². The van der Waals surface area contributed by atoms with Gasteiger partial charge in [0.1, 0.15) is 11.9 Å². The number of carbonyl (C=O) groups excluding carboxylic acids is 1. The number of allylic oxidation sites excluding steroid dienone is 1. The first-order valence-corrected chi connectivity index (χ1v) is 11.0. The van der Waals surface area contributed by atoms with Gasteiger partial charge in [-0.2, -0.15) is 0 Å². The Morgan fingerprint density at radius 1 is 1.43 bits per heavy atom. The fourth-order valence-electron chi connectivity index (χ4n) is 5.98. The Labute approximate surface area is 169 Å². The molecule has 1 saturated heterocycles.